The normalized spacial score (nSPS) is 16.7. The molecule has 0 unspecified atom stereocenters. The molecule has 1 fully saturated rings. The van der Waals surface area contributed by atoms with Crippen LogP contribution >= 0.6 is 11.3 Å². The third kappa shape index (κ3) is 2.92. The molecule has 3 rings (SSSR count). The third-order valence-electron chi connectivity index (χ3n) is 3.75. The highest BCUT2D eigenvalue weighted by atomic mass is 32.1. The summed E-state index contributed by atoms with van der Waals surface area (Å²) in [5, 5.41) is 4.57. The molecule has 0 spiro atoms. The molecule has 1 aliphatic heterocycles. The maximum atomic E-state index is 4.47. The number of piperazine rings is 1. The predicted octanol–water partition coefficient (Wildman–Crippen LogP) is 1.34. The summed E-state index contributed by atoms with van der Waals surface area (Å²) in [6, 6.07) is 2.19. The van der Waals surface area contributed by atoms with Gasteiger partial charge in [0.05, 0.1) is 5.39 Å². The molecule has 0 saturated carbocycles. The van der Waals surface area contributed by atoms with Gasteiger partial charge >= 0.3 is 0 Å². The van der Waals surface area contributed by atoms with Gasteiger partial charge in [0, 0.05) is 51.2 Å². The van der Waals surface area contributed by atoms with E-state index in [0.29, 0.717) is 0 Å². The van der Waals surface area contributed by atoms with Gasteiger partial charge in [-0.15, -0.1) is 11.3 Å². The van der Waals surface area contributed by atoms with Crippen LogP contribution in [0, 0.1) is 6.92 Å². The topological polar surface area (TPSA) is 44.3 Å². The molecular formula is C14H21N5S. The first-order valence-electron chi connectivity index (χ1n) is 7.09. The first kappa shape index (κ1) is 13.7. The van der Waals surface area contributed by atoms with Crippen molar-refractivity contribution in [3.05, 3.63) is 17.3 Å². The van der Waals surface area contributed by atoms with Crippen molar-refractivity contribution < 1.29 is 0 Å². The van der Waals surface area contributed by atoms with Crippen LogP contribution in [-0.2, 0) is 0 Å². The van der Waals surface area contributed by atoms with Gasteiger partial charge in [-0.05, 0) is 13.0 Å². The van der Waals surface area contributed by atoms with Gasteiger partial charge in [-0.25, -0.2) is 9.97 Å². The number of likely N-dealkylation sites (N-methyl/N-ethyl adjacent to an activating group) is 1. The van der Waals surface area contributed by atoms with Crippen molar-refractivity contribution in [1.29, 1.82) is 0 Å². The quantitative estimate of drug-likeness (QED) is 0.921. The molecule has 5 nitrogen and oxygen atoms in total. The molecule has 6 heteroatoms. The molecule has 108 valence electrons. The molecular weight excluding hydrogens is 270 g/mol. The number of thiophene rings is 1. The number of hydrogen-bond acceptors (Lipinski definition) is 6. The smallest absolute Gasteiger partial charge is 0.140 e. The molecule has 0 bridgehead atoms. The molecule has 0 aromatic carbocycles. The summed E-state index contributed by atoms with van der Waals surface area (Å²) in [7, 11) is 2.12. The Hall–Kier alpha value is -1.24. The summed E-state index contributed by atoms with van der Waals surface area (Å²) < 4.78 is 0. The van der Waals surface area contributed by atoms with Crippen LogP contribution in [0.3, 0.4) is 0 Å². The van der Waals surface area contributed by atoms with Crippen molar-refractivity contribution in [1.82, 2.24) is 20.2 Å². The summed E-state index contributed by atoms with van der Waals surface area (Å²) >= 11 is 1.73. The van der Waals surface area contributed by atoms with Crippen molar-refractivity contribution in [2.45, 2.75) is 6.92 Å². The van der Waals surface area contributed by atoms with Gasteiger partial charge in [0.2, 0.25) is 0 Å². The first-order chi connectivity index (χ1) is 9.74. The fraction of sp³-hybridized carbons (Fsp3) is 0.571. The Kier molecular flexibility index (Phi) is 4.14. The zero-order valence-electron chi connectivity index (χ0n) is 12.1. The fourth-order valence-corrected chi connectivity index (χ4v) is 3.44. The van der Waals surface area contributed by atoms with Crippen molar-refractivity contribution in [3.8, 4) is 0 Å². The minimum atomic E-state index is 1.00. The highest BCUT2D eigenvalue weighted by molar-refractivity contribution is 7.18. The highest BCUT2D eigenvalue weighted by Crippen LogP contribution is 2.28. The molecule has 2 aromatic rings. The number of aromatic nitrogens is 2. The number of nitrogens with one attached hydrogen (secondary N) is 1. The van der Waals surface area contributed by atoms with Crippen molar-refractivity contribution >= 4 is 27.4 Å². The molecule has 1 aliphatic rings. The van der Waals surface area contributed by atoms with E-state index in [9.17, 15) is 0 Å². The lowest BCUT2D eigenvalue weighted by Crippen LogP contribution is -2.46. The second kappa shape index (κ2) is 6.03. The molecule has 1 saturated heterocycles. The Morgan fingerprint density at radius 2 is 2.15 bits per heavy atom. The standard InChI is InChI=1S/C14H21N5S/c1-11-9-12-13(16-10-17-14(12)20-11)18(2)7-8-19-5-3-15-4-6-19/h9-10,15H,3-8H2,1-2H3. The first-order valence-corrected chi connectivity index (χ1v) is 7.91. The highest BCUT2D eigenvalue weighted by Gasteiger charge is 2.13. The second-order valence-electron chi connectivity index (χ2n) is 5.29. The molecule has 0 amide bonds. The number of aryl methyl sites for hydroxylation is 1. The van der Waals surface area contributed by atoms with E-state index in [-0.39, 0.29) is 0 Å². The monoisotopic (exact) mass is 291 g/mol. The maximum absolute atomic E-state index is 4.47. The van der Waals surface area contributed by atoms with Gasteiger partial charge in [0.25, 0.3) is 0 Å². The van der Waals surface area contributed by atoms with E-state index in [1.807, 2.05) is 0 Å². The van der Waals surface area contributed by atoms with E-state index in [2.05, 4.69) is 45.1 Å². The molecule has 3 heterocycles. The Morgan fingerprint density at radius 1 is 1.35 bits per heavy atom. The van der Waals surface area contributed by atoms with Crippen LogP contribution in [-0.4, -0.2) is 61.2 Å². The van der Waals surface area contributed by atoms with E-state index < -0.39 is 0 Å². The summed E-state index contributed by atoms with van der Waals surface area (Å²) in [4.78, 5) is 16.0. The molecule has 0 aliphatic carbocycles. The zero-order chi connectivity index (χ0) is 13.9. The average molecular weight is 291 g/mol. The summed E-state index contributed by atoms with van der Waals surface area (Å²) in [6.07, 6.45) is 1.68. The fourth-order valence-electron chi connectivity index (χ4n) is 2.60. The van der Waals surface area contributed by atoms with Gasteiger partial charge in [-0.1, -0.05) is 0 Å². The number of rotatable bonds is 4. The minimum absolute atomic E-state index is 1.00. The van der Waals surface area contributed by atoms with Crippen LogP contribution in [0.5, 0.6) is 0 Å². The number of nitrogens with zero attached hydrogens (tertiary/aromatic N) is 4. The second-order valence-corrected chi connectivity index (χ2v) is 6.52. The predicted molar refractivity (Wildman–Crippen MR) is 84.7 cm³/mol. The molecule has 20 heavy (non-hydrogen) atoms. The summed E-state index contributed by atoms with van der Waals surface area (Å²) in [6.45, 7) is 8.70. The van der Waals surface area contributed by atoms with Crippen LogP contribution in [0.15, 0.2) is 12.4 Å². The minimum Gasteiger partial charge on any atom is -0.358 e. The average Bonchev–Trinajstić information content (AvgIpc) is 2.85. The van der Waals surface area contributed by atoms with Crippen LogP contribution < -0.4 is 10.2 Å². The number of fused-ring (bicyclic) bond motifs is 1. The van der Waals surface area contributed by atoms with Gasteiger partial charge in [-0.3, -0.25) is 4.90 Å². The van der Waals surface area contributed by atoms with E-state index >= 15 is 0 Å². The number of hydrogen-bond donors (Lipinski definition) is 1. The van der Waals surface area contributed by atoms with Crippen LogP contribution in [0.4, 0.5) is 5.82 Å². The van der Waals surface area contributed by atoms with Gasteiger partial charge < -0.3 is 10.2 Å². The molecule has 1 N–H and O–H groups in total. The van der Waals surface area contributed by atoms with Crippen LogP contribution in [0.25, 0.3) is 10.2 Å². The Labute approximate surface area is 123 Å². The van der Waals surface area contributed by atoms with Crippen molar-refractivity contribution in [3.63, 3.8) is 0 Å². The number of anilines is 1. The van der Waals surface area contributed by atoms with Gasteiger partial charge in [0.1, 0.15) is 17.0 Å². The Bertz CT molecular complexity index is 576. The van der Waals surface area contributed by atoms with Crippen LogP contribution in [0.2, 0.25) is 0 Å². The Balaban J connectivity index is 1.70. The molecule has 2 aromatic heterocycles. The lowest BCUT2D eigenvalue weighted by atomic mass is 10.3. The van der Waals surface area contributed by atoms with E-state index in [1.54, 1.807) is 17.7 Å². The molecule has 0 radical (unpaired) electrons. The van der Waals surface area contributed by atoms with E-state index in [1.165, 1.54) is 10.3 Å². The lowest BCUT2D eigenvalue weighted by molar-refractivity contribution is 0.246. The summed E-state index contributed by atoms with van der Waals surface area (Å²) in [5.41, 5.74) is 0. The summed E-state index contributed by atoms with van der Waals surface area (Å²) in [5.74, 6) is 1.05. The lowest BCUT2D eigenvalue weighted by Gasteiger charge is -2.29. The van der Waals surface area contributed by atoms with E-state index in [4.69, 9.17) is 0 Å². The van der Waals surface area contributed by atoms with Gasteiger partial charge in [-0.2, -0.15) is 0 Å². The van der Waals surface area contributed by atoms with Crippen molar-refractivity contribution in [2.75, 3.05) is 51.2 Å². The van der Waals surface area contributed by atoms with E-state index in [0.717, 1.165) is 49.9 Å². The molecule has 0 atom stereocenters. The van der Waals surface area contributed by atoms with Crippen molar-refractivity contribution in [2.24, 2.45) is 0 Å². The zero-order valence-corrected chi connectivity index (χ0v) is 12.9. The maximum Gasteiger partial charge on any atom is 0.140 e. The Morgan fingerprint density at radius 3 is 2.95 bits per heavy atom. The largest absolute Gasteiger partial charge is 0.358 e. The van der Waals surface area contributed by atoms with Gasteiger partial charge in [0.15, 0.2) is 0 Å². The SMILES string of the molecule is Cc1cc2c(N(C)CCN3CCNCC3)ncnc2s1. The third-order valence-corrected chi connectivity index (χ3v) is 4.71. The van der Waals surface area contributed by atoms with Crippen LogP contribution in [0.1, 0.15) is 4.88 Å².